The Morgan fingerprint density at radius 2 is 1.85 bits per heavy atom. The molecule has 1 amide bonds. The van der Waals surface area contributed by atoms with Crippen LogP contribution < -0.4 is 0 Å². The maximum Gasteiger partial charge on any atom is 0.410 e. The van der Waals surface area contributed by atoms with Gasteiger partial charge >= 0.3 is 6.09 Å². The molecule has 0 aliphatic heterocycles. The lowest BCUT2D eigenvalue weighted by Gasteiger charge is -2.35. The molecule has 1 aliphatic rings. The Balaban J connectivity index is 2.37. The van der Waals surface area contributed by atoms with E-state index in [1.54, 1.807) is 11.9 Å². The second-order valence-electron chi connectivity index (χ2n) is 6.13. The Morgan fingerprint density at radius 3 is 2.30 bits per heavy atom. The van der Waals surface area contributed by atoms with Crippen molar-refractivity contribution in [3.8, 4) is 0 Å². The lowest BCUT2D eigenvalue weighted by molar-refractivity contribution is 0.00397. The summed E-state index contributed by atoms with van der Waals surface area (Å²) in [7, 11) is 1.75. The molecule has 1 aliphatic carbocycles. The fraction of sp³-hybridized carbons (Fsp3) is 0.923. The number of carbonyl (C=O) groups is 1. The minimum absolute atomic E-state index is 0.00869. The first kappa shape index (κ1) is 17.4. The van der Waals surface area contributed by atoms with Crippen molar-refractivity contribution in [3.63, 3.8) is 0 Å². The second kappa shape index (κ2) is 7.38. The molecule has 1 fully saturated rings. The van der Waals surface area contributed by atoms with Crippen molar-refractivity contribution in [2.24, 2.45) is 0 Å². The molecule has 1 N–H and O–H groups in total. The number of hydrogen-bond acceptors (Lipinski definition) is 4. The van der Waals surface area contributed by atoms with E-state index in [1.807, 2.05) is 20.8 Å². The highest BCUT2D eigenvalue weighted by Crippen LogP contribution is 2.25. The van der Waals surface area contributed by atoms with Crippen molar-refractivity contribution in [3.05, 3.63) is 0 Å². The molecule has 0 spiro atoms. The molecule has 1 unspecified atom stereocenters. The van der Waals surface area contributed by atoms with Gasteiger partial charge in [0.1, 0.15) is 11.5 Å². The lowest BCUT2D eigenvalue weighted by atomic mass is 9.92. The second-order valence-corrected chi connectivity index (χ2v) is 7.01. The summed E-state index contributed by atoms with van der Waals surface area (Å²) in [4.78, 5) is 13.6. The molecule has 0 radical (unpaired) electrons. The van der Waals surface area contributed by atoms with Crippen molar-refractivity contribution in [1.29, 1.82) is 0 Å². The van der Waals surface area contributed by atoms with Crippen LogP contribution in [0.5, 0.6) is 0 Å². The van der Waals surface area contributed by atoms with Gasteiger partial charge in [0.05, 0.1) is 6.10 Å². The van der Waals surface area contributed by atoms with Gasteiger partial charge in [-0.1, -0.05) is 0 Å². The fourth-order valence-electron chi connectivity index (χ4n) is 2.24. The summed E-state index contributed by atoms with van der Waals surface area (Å²) >= 11 is -1.91. The predicted octanol–water partition coefficient (Wildman–Crippen LogP) is 2.36. The summed E-state index contributed by atoms with van der Waals surface area (Å²) in [6, 6.07) is 0.143. The molecule has 0 aromatic heterocycles. The molecule has 1 atom stereocenters. The summed E-state index contributed by atoms with van der Waals surface area (Å²) in [5.74, 6) is -0.142. The SMILES string of the molecule is CN(C(=O)OC(C)(C)C)[C@H]1CC[C@@H](OCS(=O)O)CC1. The van der Waals surface area contributed by atoms with E-state index in [9.17, 15) is 9.00 Å². The highest BCUT2D eigenvalue weighted by molar-refractivity contribution is 7.79. The standard InChI is InChI=1S/C13H25NO5S/c1-13(2,3)19-12(15)14(4)10-5-7-11(8-6-10)18-9-20(16)17/h10-11H,5-9H2,1-4H3,(H,16,17)/t10-,11+. The molecular weight excluding hydrogens is 282 g/mol. The number of rotatable bonds is 4. The number of ether oxygens (including phenoxy) is 2. The Hall–Kier alpha value is -0.660. The highest BCUT2D eigenvalue weighted by Gasteiger charge is 2.29. The van der Waals surface area contributed by atoms with Gasteiger partial charge in [0, 0.05) is 13.1 Å². The molecule has 0 heterocycles. The molecule has 7 heteroatoms. The van der Waals surface area contributed by atoms with E-state index in [-0.39, 0.29) is 24.2 Å². The summed E-state index contributed by atoms with van der Waals surface area (Å²) in [6.07, 6.45) is 2.91. The largest absolute Gasteiger partial charge is 0.444 e. The molecule has 6 nitrogen and oxygen atoms in total. The molecule has 0 aromatic rings. The summed E-state index contributed by atoms with van der Waals surface area (Å²) in [6.45, 7) is 5.54. The Bertz CT molecular complexity index is 347. The normalized spacial score (nSPS) is 25.1. The van der Waals surface area contributed by atoms with Gasteiger partial charge in [-0.15, -0.1) is 0 Å². The van der Waals surface area contributed by atoms with Gasteiger partial charge in [-0.25, -0.2) is 9.00 Å². The van der Waals surface area contributed by atoms with Crippen LogP contribution in [-0.4, -0.2) is 50.5 Å². The Morgan fingerprint density at radius 1 is 1.30 bits per heavy atom. The van der Waals surface area contributed by atoms with Crippen LogP contribution in [0.4, 0.5) is 4.79 Å². The number of carbonyl (C=O) groups excluding carboxylic acids is 1. The van der Waals surface area contributed by atoms with E-state index in [1.165, 1.54) is 0 Å². The van der Waals surface area contributed by atoms with Crippen molar-refractivity contribution < 1.29 is 23.0 Å². The van der Waals surface area contributed by atoms with E-state index in [0.717, 1.165) is 25.7 Å². The first-order valence-electron chi connectivity index (χ1n) is 6.84. The van der Waals surface area contributed by atoms with Gasteiger partial charge in [0.15, 0.2) is 11.1 Å². The summed E-state index contributed by atoms with van der Waals surface area (Å²) in [5.41, 5.74) is -0.489. The predicted molar refractivity (Wildman–Crippen MR) is 76.8 cm³/mol. The monoisotopic (exact) mass is 307 g/mol. The third-order valence-corrected chi connectivity index (χ3v) is 3.62. The third kappa shape index (κ3) is 6.19. The van der Waals surface area contributed by atoms with Crippen LogP contribution in [0.2, 0.25) is 0 Å². The number of hydrogen-bond donors (Lipinski definition) is 1. The average molecular weight is 307 g/mol. The lowest BCUT2D eigenvalue weighted by Crippen LogP contribution is -2.43. The van der Waals surface area contributed by atoms with E-state index in [4.69, 9.17) is 14.0 Å². The van der Waals surface area contributed by atoms with Crippen LogP contribution in [0, 0.1) is 0 Å². The zero-order chi connectivity index (χ0) is 15.3. The van der Waals surface area contributed by atoms with E-state index >= 15 is 0 Å². The first-order chi connectivity index (χ1) is 9.19. The maximum atomic E-state index is 12.0. The van der Waals surface area contributed by atoms with Crippen LogP contribution in [0.25, 0.3) is 0 Å². The zero-order valence-electron chi connectivity index (χ0n) is 12.6. The minimum atomic E-state index is -1.91. The fourth-order valence-corrected chi connectivity index (χ4v) is 2.55. The van der Waals surface area contributed by atoms with Crippen LogP contribution in [0.3, 0.4) is 0 Å². The smallest absolute Gasteiger partial charge is 0.410 e. The van der Waals surface area contributed by atoms with Crippen LogP contribution in [0.15, 0.2) is 0 Å². The average Bonchev–Trinajstić information content (AvgIpc) is 2.34. The van der Waals surface area contributed by atoms with Crippen LogP contribution >= 0.6 is 0 Å². The third-order valence-electron chi connectivity index (χ3n) is 3.28. The van der Waals surface area contributed by atoms with Crippen molar-refractivity contribution in [2.45, 2.75) is 64.2 Å². The van der Waals surface area contributed by atoms with Crippen LogP contribution in [0.1, 0.15) is 46.5 Å². The molecular formula is C13H25NO5S. The summed E-state index contributed by atoms with van der Waals surface area (Å²) in [5, 5.41) is 0. The van der Waals surface area contributed by atoms with E-state index in [0.29, 0.717) is 0 Å². The molecule has 0 aromatic carbocycles. The maximum absolute atomic E-state index is 12.0. The minimum Gasteiger partial charge on any atom is -0.444 e. The zero-order valence-corrected chi connectivity index (χ0v) is 13.4. The highest BCUT2D eigenvalue weighted by atomic mass is 32.2. The molecule has 1 saturated carbocycles. The van der Waals surface area contributed by atoms with Gasteiger partial charge in [-0.3, -0.25) is 0 Å². The van der Waals surface area contributed by atoms with E-state index < -0.39 is 16.7 Å². The van der Waals surface area contributed by atoms with Gasteiger partial charge in [0.2, 0.25) is 0 Å². The number of amides is 1. The molecule has 118 valence electrons. The van der Waals surface area contributed by atoms with Gasteiger partial charge < -0.3 is 18.9 Å². The molecule has 0 bridgehead atoms. The van der Waals surface area contributed by atoms with Crippen molar-refractivity contribution >= 4 is 17.2 Å². The Labute approximate surface area is 123 Å². The van der Waals surface area contributed by atoms with Gasteiger partial charge in [-0.05, 0) is 46.5 Å². The van der Waals surface area contributed by atoms with E-state index in [2.05, 4.69) is 0 Å². The summed E-state index contributed by atoms with van der Waals surface area (Å²) < 4.78 is 29.9. The van der Waals surface area contributed by atoms with Crippen molar-refractivity contribution in [1.82, 2.24) is 4.90 Å². The van der Waals surface area contributed by atoms with Gasteiger partial charge in [-0.2, -0.15) is 0 Å². The van der Waals surface area contributed by atoms with Gasteiger partial charge in [0.25, 0.3) is 0 Å². The number of nitrogens with zero attached hydrogens (tertiary/aromatic N) is 1. The topological polar surface area (TPSA) is 76.1 Å². The Kier molecular flexibility index (Phi) is 6.42. The molecule has 20 heavy (non-hydrogen) atoms. The van der Waals surface area contributed by atoms with Crippen molar-refractivity contribution in [2.75, 3.05) is 13.0 Å². The molecule has 1 rings (SSSR count). The first-order valence-corrected chi connectivity index (χ1v) is 8.11. The quantitative estimate of drug-likeness (QED) is 0.807. The molecule has 0 saturated heterocycles. The van der Waals surface area contributed by atoms with Crippen LogP contribution in [-0.2, 0) is 20.6 Å².